The van der Waals surface area contributed by atoms with Crippen LogP contribution < -0.4 is 10.5 Å². The summed E-state index contributed by atoms with van der Waals surface area (Å²) >= 11 is 0. The van der Waals surface area contributed by atoms with Gasteiger partial charge in [0.15, 0.2) is 0 Å². The van der Waals surface area contributed by atoms with Crippen LogP contribution in [-0.2, 0) is 13.2 Å². The molecule has 0 spiro atoms. The third-order valence-electron chi connectivity index (χ3n) is 3.69. The fraction of sp³-hybridized carbons (Fsp3) is 0.167. The fourth-order valence-electron chi connectivity index (χ4n) is 2.36. The molecule has 4 nitrogen and oxygen atoms in total. The Labute approximate surface area is 129 Å². The SMILES string of the molecule is Cc1c(-c2ccc(OCc3ccccc3)cc2)n[nH]c1CN. The van der Waals surface area contributed by atoms with Crippen LogP contribution in [0, 0.1) is 6.92 Å². The fourth-order valence-corrected chi connectivity index (χ4v) is 2.36. The smallest absolute Gasteiger partial charge is 0.119 e. The molecule has 0 unspecified atom stereocenters. The molecule has 3 rings (SSSR count). The molecule has 2 aromatic carbocycles. The Hall–Kier alpha value is -2.59. The van der Waals surface area contributed by atoms with Crippen LogP contribution in [0.2, 0.25) is 0 Å². The van der Waals surface area contributed by atoms with Gasteiger partial charge in [0.2, 0.25) is 0 Å². The largest absolute Gasteiger partial charge is 0.489 e. The van der Waals surface area contributed by atoms with Gasteiger partial charge < -0.3 is 10.5 Å². The highest BCUT2D eigenvalue weighted by molar-refractivity contribution is 5.64. The molecule has 0 bridgehead atoms. The summed E-state index contributed by atoms with van der Waals surface area (Å²) in [6.45, 7) is 3.07. The molecule has 4 heteroatoms. The van der Waals surface area contributed by atoms with Crippen molar-refractivity contribution in [3.8, 4) is 17.0 Å². The zero-order chi connectivity index (χ0) is 15.4. The normalized spacial score (nSPS) is 10.6. The third-order valence-corrected chi connectivity index (χ3v) is 3.69. The van der Waals surface area contributed by atoms with Gasteiger partial charge >= 0.3 is 0 Å². The highest BCUT2D eigenvalue weighted by Gasteiger charge is 2.09. The third kappa shape index (κ3) is 3.02. The number of aromatic amines is 1. The van der Waals surface area contributed by atoms with E-state index in [0.717, 1.165) is 33.8 Å². The van der Waals surface area contributed by atoms with Gasteiger partial charge in [-0.15, -0.1) is 0 Å². The molecule has 0 aliphatic carbocycles. The molecule has 1 heterocycles. The van der Waals surface area contributed by atoms with Crippen LogP contribution in [0.4, 0.5) is 0 Å². The number of nitrogens with two attached hydrogens (primary N) is 1. The highest BCUT2D eigenvalue weighted by atomic mass is 16.5. The predicted molar refractivity (Wildman–Crippen MR) is 87.4 cm³/mol. The standard InChI is InChI=1S/C18H19N3O/c1-13-17(11-19)20-21-18(13)15-7-9-16(10-8-15)22-12-14-5-3-2-4-6-14/h2-10H,11-12,19H2,1H3,(H,20,21). The van der Waals surface area contributed by atoms with Crippen LogP contribution in [0.1, 0.15) is 16.8 Å². The summed E-state index contributed by atoms with van der Waals surface area (Å²) in [4.78, 5) is 0. The van der Waals surface area contributed by atoms with E-state index in [1.807, 2.05) is 49.4 Å². The lowest BCUT2D eigenvalue weighted by Crippen LogP contribution is -1.98. The number of H-pyrrole nitrogens is 1. The van der Waals surface area contributed by atoms with Crippen molar-refractivity contribution in [2.75, 3.05) is 0 Å². The van der Waals surface area contributed by atoms with E-state index >= 15 is 0 Å². The minimum Gasteiger partial charge on any atom is -0.489 e. The number of ether oxygens (including phenoxy) is 1. The van der Waals surface area contributed by atoms with Crippen molar-refractivity contribution < 1.29 is 4.74 Å². The van der Waals surface area contributed by atoms with Gasteiger partial charge in [0, 0.05) is 12.1 Å². The van der Waals surface area contributed by atoms with Crippen molar-refractivity contribution in [3.05, 3.63) is 71.4 Å². The first-order valence-electron chi connectivity index (χ1n) is 7.29. The number of nitrogens with one attached hydrogen (secondary N) is 1. The Bertz CT molecular complexity index is 733. The van der Waals surface area contributed by atoms with Gasteiger partial charge in [0.1, 0.15) is 12.4 Å². The minimum atomic E-state index is 0.469. The number of aromatic nitrogens is 2. The van der Waals surface area contributed by atoms with Crippen LogP contribution >= 0.6 is 0 Å². The van der Waals surface area contributed by atoms with Gasteiger partial charge in [-0.3, -0.25) is 5.10 Å². The molecule has 0 aliphatic heterocycles. The lowest BCUT2D eigenvalue weighted by atomic mass is 10.1. The summed E-state index contributed by atoms with van der Waals surface area (Å²) in [5.41, 5.74) is 10.9. The zero-order valence-corrected chi connectivity index (χ0v) is 12.5. The van der Waals surface area contributed by atoms with Crippen LogP contribution in [-0.4, -0.2) is 10.2 Å². The van der Waals surface area contributed by atoms with E-state index in [1.165, 1.54) is 0 Å². The average Bonchev–Trinajstić information content (AvgIpc) is 2.95. The quantitative estimate of drug-likeness (QED) is 0.757. The summed E-state index contributed by atoms with van der Waals surface area (Å²) in [5, 5.41) is 7.31. The Morgan fingerprint density at radius 3 is 2.41 bits per heavy atom. The van der Waals surface area contributed by atoms with Crippen molar-refractivity contribution in [2.24, 2.45) is 5.73 Å². The Balaban J connectivity index is 1.71. The zero-order valence-electron chi connectivity index (χ0n) is 12.5. The first-order valence-corrected chi connectivity index (χ1v) is 7.29. The van der Waals surface area contributed by atoms with Gasteiger partial charge in [0.25, 0.3) is 0 Å². The Morgan fingerprint density at radius 1 is 1.05 bits per heavy atom. The van der Waals surface area contributed by atoms with Crippen LogP contribution in [0.25, 0.3) is 11.3 Å². The maximum Gasteiger partial charge on any atom is 0.119 e. The summed E-state index contributed by atoms with van der Waals surface area (Å²) < 4.78 is 5.79. The lowest BCUT2D eigenvalue weighted by molar-refractivity contribution is 0.306. The first-order chi connectivity index (χ1) is 10.8. The second-order valence-corrected chi connectivity index (χ2v) is 5.18. The second kappa shape index (κ2) is 6.45. The van der Waals surface area contributed by atoms with E-state index in [0.29, 0.717) is 13.2 Å². The highest BCUT2D eigenvalue weighted by Crippen LogP contribution is 2.25. The van der Waals surface area contributed by atoms with Crippen molar-refractivity contribution in [3.63, 3.8) is 0 Å². The first kappa shape index (κ1) is 14.4. The summed E-state index contributed by atoms with van der Waals surface area (Å²) in [7, 11) is 0. The van der Waals surface area contributed by atoms with Crippen molar-refractivity contribution in [2.45, 2.75) is 20.1 Å². The Morgan fingerprint density at radius 2 is 1.77 bits per heavy atom. The minimum absolute atomic E-state index is 0.469. The Kier molecular flexibility index (Phi) is 4.21. The molecule has 0 radical (unpaired) electrons. The number of hydrogen-bond donors (Lipinski definition) is 2. The number of nitrogens with zero attached hydrogens (tertiary/aromatic N) is 1. The van der Waals surface area contributed by atoms with E-state index in [9.17, 15) is 0 Å². The maximum absolute atomic E-state index is 5.79. The summed E-state index contributed by atoms with van der Waals surface area (Å²) in [6, 6.07) is 18.1. The van der Waals surface area contributed by atoms with Crippen LogP contribution in [0.3, 0.4) is 0 Å². The maximum atomic E-state index is 5.79. The molecular weight excluding hydrogens is 274 g/mol. The molecule has 0 saturated carbocycles. The molecule has 0 fully saturated rings. The van der Waals surface area contributed by atoms with E-state index in [4.69, 9.17) is 10.5 Å². The predicted octanol–water partition coefficient (Wildman–Crippen LogP) is 3.42. The summed E-state index contributed by atoms with van der Waals surface area (Å²) in [6.07, 6.45) is 0. The topological polar surface area (TPSA) is 63.9 Å². The molecule has 0 saturated heterocycles. The molecule has 1 aromatic heterocycles. The molecular formula is C18H19N3O. The molecule has 0 atom stereocenters. The number of benzene rings is 2. The van der Waals surface area contributed by atoms with Crippen molar-refractivity contribution in [1.29, 1.82) is 0 Å². The molecule has 22 heavy (non-hydrogen) atoms. The summed E-state index contributed by atoms with van der Waals surface area (Å²) in [5.74, 6) is 0.847. The van der Waals surface area contributed by atoms with Crippen LogP contribution in [0.5, 0.6) is 5.75 Å². The molecule has 0 aliphatic rings. The number of rotatable bonds is 5. The van der Waals surface area contributed by atoms with Gasteiger partial charge in [-0.1, -0.05) is 30.3 Å². The molecule has 0 amide bonds. The van der Waals surface area contributed by atoms with Gasteiger partial charge in [-0.25, -0.2) is 0 Å². The average molecular weight is 293 g/mol. The van der Waals surface area contributed by atoms with E-state index in [2.05, 4.69) is 22.3 Å². The second-order valence-electron chi connectivity index (χ2n) is 5.18. The van der Waals surface area contributed by atoms with Gasteiger partial charge in [-0.05, 0) is 42.3 Å². The van der Waals surface area contributed by atoms with E-state index in [1.54, 1.807) is 0 Å². The van der Waals surface area contributed by atoms with Crippen LogP contribution in [0.15, 0.2) is 54.6 Å². The monoisotopic (exact) mass is 293 g/mol. The van der Waals surface area contributed by atoms with E-state index in [-0.39, 0.29) is 0 Å². The molecule has 3 N–H and O–H groups in total. The van der Waals surface area contributed by atoms with Crippen molar-refractivity contribution >= 4 is 0 Å². The molecule has 112 valence electrons. The number of hydrogen-bond acceptors (Lipinski definition) is 3. The van der Waals surface area contributed by atoms with Gasteiger partial charge in [0.05, 0.1) is 11.4 Å². The molecule has 3 aromatic rings. The van der Waals surface area contributed by atoms with Gasteiger partial charge in [-0.2, -0.15) is 5.10 Å². The lowest BCUT2D eigenvalue weighted by Gasteiger charge is -2.07. The van der Waals surface area contributed by atoms with Crippen molar-refractivity contribution in [1.82, 2.24) is 10.2 Å². The van der Waals surface area contributed by atoms with E-state index < -0.39 is 0 Å².